The number of benzene rings is 2. The van der Waals surface area contributed by atoms with E-state index in [0.717, 1.165) is 10.0 Å². The second-order valence-corrected chi connectivity index (χ2v) is 7.20. The van der Waals surface area contributed by atoms with Crippen LogP contribution in [0.4, 0.5) is 5.69 Å². The molecule has 0 aliphatic carbocycles. The molecular formula is C20H19BrN4O3. The number of nitrogens with zero attached hydrogens (tertiary/aromatic N) is 2. The molecule has 28 heavy (non-hydrogen) atoms. The second-order valence-electron chi connectivity index (χ2n) is 6.28. The SMILES string of the molecule is CNC(=O)c1c(C)cccc1NC(=O)CCn1cnc2ccc(Br)cc2c1=O. The average molecular weight is 443 g/mol. The third-order valence-corrected chi connectivity index (χ3v) is 4.86. The van der Waals surface area contributed by atoms with Gasteiger partial charge in [0.15, 0.2) is 0 Å². The summed E-state index contributed by atoms with van der Waals surface area (Å²) in [5.41, 5.74) is 2.02. The Morgan fingerprint density at radius 2 is 2.00 bits per heavy atom. The molecule has 0 atom stereocenters. The van der Waals surface area contributed by atoms with Crippen LogP contribution in [-0.2, 0) is 11.3 Å². The van der Waals surface area contributed by atoms with Gasteiger partial charge in [0.05, 0.1) is 28.5 Å². The lowest BCUT2D eigenvalue weighted by molar-refractivity contribution is -0.116. The van der Waals surface area contributed by atoms with E-state index in [4.69, 9.17) is 0 Å². The Morgan fingerprint density at radius 3 is 2.75 bits per heavy atom. The molecule has 8 heteroatoms. The molecule has 1 aromatic heterocycles. The zero-order chi connectivity index (χ0) is 20.3. The summed E-state index contributed by atoms with van der Waals surface area (Å²) in [4.78, 5) is 41.4. The van der Waals surface area contributed by atoms with Crippen LogP contribution in [0.15, 0.2) is 52.0 Å². The van der Waals surface area contributed by atoms with Crippen LogP contribution in [0, 0.1) is 6.92 Å². The van der Waals surface area contributed by atoms with Gasteiger partial charge in [-0.3, -0.25) is 19.0 Å². The second kappa shape index (κ2) is 8.35. The Balaban J connectivity index is 1.76. The van der Waals surface area contributed by atoms with E-state index in [9.17, 15) is 14.4 Å². The number of aromatic nitrogens is 2. The zero-order valence-electron chi connectivity index (χ0n) is 15.5. The summed E-state index contributed by atoms with van der Waals surface area (Å²) in [6, 6.07) is 10.5. The van der Waals surface area contributed by atoms with Gasteiger partial charge in [-0.05, 0) is 36.8 Å². The highest BCUT2D eigenvalue weighted by atomic mass is 79.9. The minimum absolute atomic E-state index is 0.0716. The highest BCUT2D eigenvalue weighted by Gasteiger charge is 2.15. The number of halogens is 1. The molecule has 0 saturated heterocycles. The number of hydrogen-bond donors (Lipinski definition) is 2. The maximum absolute atomic E-state index is 12.6. The predicted octanol–water partition coefficient (Wildman–Crippen LogP) is 2.86. The number of fused-ring (bicyclic) bond motifs is 1. The van der Waals surface area contributed by atoms with E-state index in [1.807, 2.05) is 6.07 Å². The Bertz CT molecular complexity index is 1120. The molecule has 0 spiro atoms. The van der Waals surface area contributed by atoms with Gasteiger partial charge in [0.2, 0.25) is 5.91 Å². The molecule has 2 N–H and O–H groups in total. The lowest BCUT2D eigenvalue weighted by Gasteiger charge is -2.13. The summed E-state index contributed by atoms with van der Waals surface area (Å²) in [6.07, 6.45) is 1.51. The van der Waals surface area contributed by atoms with Gasteiger partial charge in [0, 0.05) is 24.5 Å². The molecule has 0 fully saturated rings. The Kier molecular flexibility index (Phi) is 5.89. The van der Waals surface area contributed by atoms with Gasteiger partial charge in [-0.15, -0.1) is 0 Å². The fourth-order valence-corrected chi connectivity index (χ4v) is 3.28. The number of carbonyl (C=O) groups is 2. The number of amides is 2. The van der Waals surface area contributed by atoms with E-state index >= 15 is 0 Å². The van der Waals surface area contributed by atoms with Crippen molar-refractivity contribution in [1.82, 2.24) is 14.9 Å². The number of anilines is 1. The van der Waals surface area contributed by atoms with E-state index in [1.54, 1.807) is 37.3 Å². The molecule has 7 nitrogen and oxygen atoms in total. The molecule has 0 radical (unpaired) electrons. The van der Waals surface area contributed by atoms with E-state index in [-0.39, 0.29) is 30.3 Å². The molecule has 2 aromatic carbocycles. The molecule has 0 aliphatic heterocycles. The molecule has 3 rings (SSSR count). The standard InChI is InChI=1S/C20H19BrN4O3/c1-12-4-3-5-16(18(12)19(27)22-2)24-17(26)8-9-25-11-23-15-7-6-13(21)10-14(15)20(25)28/h3-7,10-11H,8-9H2,1-2H3,(H,22,27)(H,24,26). The van der Waals surface area contributed by atoms with Crippen LogP contribution in [0.1, 0.15) is 22.3 Å². The minimum Gasteiger partial charge on any atom is -0.355 e. The highest BCUT2D eigenvalue weighted by Crippen LogP contribution is 2.20. The Hall–Kier alpha value is -3.00. The quantitative estimate of drug-likeness (QED) is 0.635. The van der Waals surface area contributed by atoms with Crippen molar-refractivity contribution in [3.63, 3.8) is 0 Å². The van der Waals surface area contributed by atoms with Crippen LogP contribution in [-0.4, -0.2) is 28.4 Å². The molecular weight excluding hydrogens is 424 g/mol. The normalized spacial score (nSPS) is 10.7. The molecule has 0 bridgehead atoms. The van der Waals surface area contributed by atoms with Crippen LogP contribution in [0.5, 0.6) is 0 Å². The lowest BCUT2D eigenvalue weighted by atomic mass is 10.1. The van der Waals surface area contributed by atoms with Gasteiger partial charge in [-0.2, -0.15) is 0 Å². The van der Waals surface area contributed by atoms with Crippen molar-refractivity contribution >= 4 is 44.3 Å². The molecule has 0 saturated carbocycles. The fourth-order valence-electron chi connectivity index (χ4n) is 2.92. The number of carbonyl (C=O) groups excluding carboxylic acids is 2. The third-order valence-electron chi connectivity index (χ3n) is 4.37. The maximum Gasteiger partial charge on any atom is 0.261 e. The minimum atomic E-state index is -0.294. The van der Waals surface area contributed by atoms with Crippen LogP contribution in [0.3, 0.4) is 0 Å². The lowest BCUT2D eigenvalue weighted by Crippen LogP contribution is -2.25. The van der Waals surface area contributed by atoms with Crippen molar-refractivity contribution in [3.05, 3.63) is 68.7 Å². The van der Waals surface area contributed by atoms with Crippen molar-refractivity contribution < 1.29 is 9.59 Å². The summed E-state index contributed by atoms with van der Waals surface area (Å²) in [7, 11) is 1.54. The van der Waals surface area contributed by atoms with Gasteiger partial charge < -0.3 is 10.6 Å². The van der Waals surface area contributed by atoms with Gasteiger partial charge in [-0.25, -0.2) is 4.98 Å². The summed E-state index contributed by atoms with van der Waals surface area (Å²) < 4.78 is 2.19. The number of hydrogen-bond acceptors (Lipinski definition) is 4. The number of rotatable bonds is 5. The van der Waals surface area contributed by atoms with E-state index in [2.05, 4.69) is 31.5 Å². The largest absolute Gasteiger partial charge is 0.355 e. The topological polar surface area (TPSA) is 93.1 Å². The first-order valence-electron chi connectivity index (χ1n) is 8.67. The fraction of sp³-hybridized carbons (Fsp3) is 0.200. The zero-order valence-corrected chi connectivity index (χ0v) is 17.0. The Morgan fingerprint density at radius 1 is 1.21 bits per heavy atom. The van der Waals surface area contributed by atoms with Gasteiger partial charge in [0.1, 0.15) is 0 Å². The first kappa shape index (κ1) is 19.8. The Labute approximate surface area is 169 Å². The van der Waals surface area contributed by atoms with E-state index in [0.29, 0.717) is 22.2 Å². The first-order chi connectivity index (χ1) is 13.4. The van der Waals surface area contributed by atoms with Gasteiger partial charge in [0.25, 0.3) is 11.5 Å². The molecule has 0 unspecified atom stereocenters. The first-order valence-corrected chi connectivity index (χ1v) is 9.46. The monoisotopic (exact) mass is 442 g/mol. The summed E-state index contributed by atoms with van der Waals surface area (Å²) in [5.74, 6) is -0.564. The van der Waals surface area contributed by atoms with E-state index < -0.39 is 0 Å². The molecule has 3 aromatic rings. The third kappa shape index (κ3) is 4.12. The van der Waals surface area contributed by atoms with Crippen molar-refractivity contribution in [1.29, 1.82) is 0 Å². The summed E-state index contributed by atoms with van der Waals surface area (Å²) in [5, 5.41) is 5.82. The molecule has 1 heterocycles. The van der Waals surface area contributed by atoms with Crippen molar-refractivity contribution in [3.8, 4) is 0 Å². The van der Waals surface area contributed by atoms with Crippen LogP contribution in [0.25, 0.3) is 10.9 Å². The van der Waals surface area contributed by atoms with Crippen molar-refractivity contribution in [2.75, 3.05) is 12.4 Å². The summed E-state index contributed by atoms with van der Waals surface area (Å²) >= 11 is 3.35. The van der Waals surface area contributed by atoms with Crippen LogP contribution in [0.2, 0.25) is 0 Å². The molecule has 0 aliphatic rings. The van der Waals surface area contributed by atoms with Crippen LogP contribution < -0.4 is 16.2 Å². The van der Waals surface area contributed by atoms with E-state index in [1.165, 1.54) is 17.9 Å². The molecule has 144 valence electrons. The average Bonchev–Trinajstić information content (AvgIpc) is 2.67. The van der Waals surface area contributed by atoms with Gasteiger partial charge >= 0.3 is 0 Å². The number of aryl methyl sites for hydroxylation is 2. The van der Waals surface area contributed by atoms with Crippen molar-refractivity contribution in [2.45, 2.75) is 19.9 Å². The highest BCUT2D eigenvalue weighted by molar-refractivity contribution is 9.10. The van der Waals surface area contributed by atoms with Gasteiger partial charge in [-0.1, -0.05) is 28.1 Å². The smallest absolute Gasteiger partial charge is 0.261 e. The number of nitrogens with one attached hydrogen (secondary N) is 2. The molecule has 2 amide bonds. The van der Waals surface area contributed by atoms with Crippen LogP contribution >= 0.6 is 15.9 Å². The predicted molar refractivity (Wildman–Crippen MR) is 112 cm³/mol. The summed E-state index contributed by atoms with van der Waals surface area (Å²) in [6.45, 7) is 1.99. The van der Waals surface area contributed by atoms with Crippen molar-refractivity contribution in [2.24, 2.45) is 0 Å². The maximum atomic E-state index is 12.6.